The number of nitrogens with one attached hydrogen (secondary N) is 1. The van der Waals surface area contributed by atoms with E-state index in [0.717, 1.165) is 38.9 Å². The number of aliphatic hydroxyl groups excluding tert-OH is 1. The largest absolute Gasteiger partial charge is 0.445 e. The number of likely N-dealkylation sites (tertiary alicyclic amines) is 1. The zero-order chi connectivity index (χ0) is 42.5. The van der Waals surface area contributed by atoms with Crippen LogP contribution in [0.25, 0.3) is 21.9 Å². The first-order valence-electron chi connectivity index (χ1n) is 20.8. The fraction of sp³-hybridized carbons (Fsp3) is 0.275. The van der Waals surface area contributed by atoms with Crippen LogP contribution >= 0.6 is 0 Å². The molecule has 312 valence electrons. The first kappa shape index (κ1) is 41.6. The Morgan fingerprint density at radius 3 is 2.25 bits per heavy atom. The molecule has 6 aromatic carbocycles. The van der Waals surface area contributed by atoms with Gasteiger partial charge in [0, 0.05) is 24.1 Å². The molecule has 8 rings (SSSR count). The summed E-state index contributed by atoms with van der Waals surface area (Å²) in [5.74, 6) is -0.794. The summed E-state index contributed by atoms with van der Waals surface area (Å²) >= 11 is 0. The summed E-state index contributed by atoms with van der Waals surface area (Å²) < 4.78 is 18.9. The van der Waals surface area contributed by atoms with Crippen molar-refractivity contribution in [1.82, 2.24) is 15.1 Å². The normalized spacial score (nSPS) is 20.9. The van der Waals surface area contributed by atoms with E-state index in [9.17, 15) is 19.5 Å². The first-order chi connectivity index (χ1) is 29.6. The Labute approximate surface area is 356 Å². The topological polar surface area (TPSA) is 118 Å². The average Bonchev–Trinajstić information content (AvgIpc) is 3.55. The highest BCUT2D eigenvalue weighted by Crippen LogP contribution is 2.42. The van der Waals surface area contributed by atoms with Crippen molar-refractivity contribution < 1.29 is 33.7 Å². The second-order valence-corrected chi connectivity index (χ2v) is 16.1. The molecular weight excluding hydrogens is 767 g/mol. The van der Waals surface area contributed by atoms with Crippen molar-refractivity contribution in [1.29, 1.82) is 0 Å². The molecule has 0 spiro atoms. The molecule has 6 atom stereocenters. The van der Waals surface area contributed by atoms with Crippen LogP contribution in [0.2, 0.25) is 0 Å². The highest BCUT2D eigenvalue weighted by atomic mass is 16.7. The second-order valence-electron chi connectivity index (χ2n) is 16.1. The van der Waals surface area contributed by atoms with E-state index in [1.54, 1.807) is 0 Å². The molecule has 2 heterocycles. The van der Waals surface area contributed by atoms with E-state index in [2.05, 4.69) is 73.6 Å². The summed E-state index contributed by atoms with van der Waals surface area (Å²) in [5, 5.41) is 14.7. The third kappa shape index (κ3) is 9.58. The van der Waals surface area contributed by atoms with Gasteiger partial charge in [0.1, 0.15) is 12.6 Å². The minimum Gasteiger partial charge on any atom is -0.445 e. The Morgan fingerprint density at radius 1 is 0.787 bits per heavy atom. The summed E-state index contributed by atoms with van der Waals surface area (Å²) in [6.07, 6.45) is -1.90. The maximum atomic E-state index is 13.3. The monoisotopic (exact) mass is 817 g/mol. The maximum Gasteiger partial charge on any atom is 0.408 e. The molecule has 2 N–H and O–H groups in total. The van der Waals surface area contributed by atoms with Gasteiger partial charge < -0.3 is 24.6 Å². The smallest absolute Gasteiger partial charge is 0.408 e. The lowest BCUT2D eigenvalue weighted by Gasteiger charge is -2.43. The maximum absolute atomic E-state index is 13.3. The number of likely N-dealkylation sites (N-methyl/N-ethyl adjacent to an activating group) is 1. The number of hydrogen-bond acceptors (Lipinski definition) is 8. The average molecular weight is 818 g/mol. The lowest BCUT2D eigenvalue weighted by atomic mass is 9.89. The number of fused-ring (bicyclic) bond motifs is 1. The molecule has 2 aliphatic heterocycles. The van der Waals surface area contributed by atoms with Crippen molar-refractivity contribution in [2.75, 3.05) is 13.6 Å². The number of rotatable bonds is 13. The summed E-state index contributed by atoms with van der Waals surface area (Å²) in [6, 6.07) is 47.3. The molecule has 1 unspecified atom stereocenters. The number of benzene rings is 6. The summed E-state index contributed by atoms with van der Waals surface area (Å²) in [5.41, 5.74) is 7.47. The predicted octanol–water partition coefficient (Wildman–Crippen LogP) is 9.04. The number of aliphatic hydroxyl groups is 1. The van der Waals surface area contributed by atoms with Crippen LogP contribution in [0.3, 0.4) is 0 Å². The van der Waals surface area contributed by atoms with Gasteiger partial charge in [-0.2, -0.15) is 0 Å². The van der Waals surface area contributed by atoms with Gasteiger partial charge >= 0.3 is 6.09 Å². The Hall–Kier alpha value is -6.17. The first-order valence-corrected chi connectivity index (χ1v) is 20.8. The molecule has 0 aromatic heterocycles. The zero-order valence-corrected chi connectivity index (χ0v) is 34.6. The highest BCUT2D eigenvalue weighted by molar-refractivity contribution is 6.06. The van der Waals surface area contributed by atoms with Gasteiger partial charge in [-0.05, 0) is 75.8 Å². The van der Waals surface area contributed by atoms with Crippen LogP contribution in [0.15, 0.2) is 146 Å². The number of carbonyl (C=O) groups excluding carboxylic acids is 3. The van der Waals surface area contributed by atoms with E-state index in [1.807, 2.05) is 103 Å². The third-order valence-corrected chi connectivity index (χ3v) is 12.0. The molecule has 10 heteroatoms. The molecular formula is C51H51N3O7. The summed E-state index contributed by atoms with van der Waals surface area (Å²) in [6.45, 7) is 5.21. The molecule has 10 nitrogen and oxygen atoms in total. The minimum absolute atomic E-state index is 0.0250. The number of amides is 3. The van der Waals surface area contributed by atoms with Crippen molar-refractivity contribution in [3.05, 3.63) is 179 Å². The van der Waals surface area contributed by atoms with E-state index < -0.39 is 24.3 Å². The third-order valence-electron chi connectivity index (χ3n) is 12.0. The quantitative estimate of drug-likeness (QED) is 0.111. The van der Waals surface area contributed by atoms with Gasteiger partial charge in [-0.25, -0.2) is 4.79 Å². The van der Waals surface area contributed by atoms with Gasteiger partial charge in [0.25, 0.3) is 5.91 Å². The molecule has 0 aliphatic carbocycles. The molecule has 61 heavy (non-hydrogen) atoms. The molecule has 0 radical (unpaired) electrons. The Kier molecular flexibility index (Phi) is 12.7. The van der Waals surface area contributed by atoms with Crippen LogP contribution in [0.5, 0.6) is 0 Å². The van der Waals surface area contributed by atoms with E-state index in [4.69, 9.17) is 14.2 Å². The van der Waals surface area contributed by atoms with Crippen LogP contribution in [0.1, 0.15) is 72.1 Å². The van der Waals surface area contributed by atoms with E-state index in [1.165, 1.54) is 21.2 Å². The van der Waals surface area contributed by atoms with Crippen molar-refractivity contribution >= 4 is 28.7 Å². The Morgan fingerprint density at radius 2 is 1.49 bits per heavy atom. The van der Waals surface area contributed by atoms with Crippen molar-refractivity contribution in [3.63, 3.8) is 0 Å². The summed E-state index contributed by atoms with van der Waals surface area (Å²) in [4.78, 5) is 42.2. The lowest BCUT2D eigenvalue weighted by molar-refractivity contribution is -0.276. The van der Waals surface area contributed by atoms with Gasteiger partial charge in [0.2, 0.25) is 5.91 Å². The van der Waals surface area contributed by atoms with Crippen molar-refractivity contribution in [2.45, 2.75) is 70.6 Å². The molecule has 0 saturated carbocycles. The van der Waals surface area contributed by atoms with Crippen LogP contribution in [-0.2, 0) is 43.6 Å². The highest BCUT2D eigenvalue weighted by Gasteiger charge is 2.41. The molecule has 0 bridgehead atoms. The molecule has 2 aliphatic rings. The molecule has 2 fully saturated rings. The molecule has 3 amide bonds. The summed E-state index contributed by atoms with van der Waals surface area (Å²) in [7, 11) is 2.14. The number of alkyl carbamates (subject to hydrolysis) is 1. The van der Waals surface area contributed by atoms with Crippen LogP contribution in [0.4, 0.5) is 4.79 Å². The van der Waals surface area contributed by atoms with Crippen LogP contribution in [0, 0.1) is 5.92 Å². The number of nitrogens with zero attached hydrogens (tertiary/aromatic N) is 2. The fourth-order valence-corrected chi connectivity index (χ4v) is 8.23. The van der Waals surface area contributed by atoms with Gasteiger partial charge in [-0.3, -0.25) is 19.4 Å². The zero-order valence-electron chi connectivity index (χ0n) is 34.6. The lowest BCUT2D eigenvalue weighted by Crippen LogP contribution is -2.44. The number of hydrogen-bond donors (Lipinski definition) is 2. The minimum atomic E-state index is -0.980. The number of carbonyl (C=O) groups is 3. The van der Waals surface area contributed by atoms with Crippen LogP contribution < -0.4 is 5.32 Å². The fourth-order valence-electron chi connectivity index (χ4n) is 8.23. The van der Waals surface area contributed by atoms with Gasteiger partial charge in [0.15, 0.2) is 6.29 Å². The van der Waals surface area contributed by atoms with Gasteiger partial charge in [-0.1, -0.05) is 140 Å². The number of imide groups is 1. The Bertz CT molecular complexity index is 2480. The van der Waals surface area contributed by atoms with E-state index in [0.29, 0.717) is 6.54 Å². The molecule has 2 saturated heterocycles. The van der Waals surface area contributed by atoms with Gasteiger partial charge in [0.05, 0.1) is 31.8 Å². The second kappa shape index (κ2) is 18.6. The van der Waals surface area contributed by atoms with Crippen LogP contribution in [-0.4, -0.2) is 58.6 Å². The predicted molar refractivity (Wildman–Crippen MR) is 234 cm³/mol. The SMILES string of the molecule is C[C@H]1[C@@H](CN(C)[C@H](C)c2ccc3ccccc3c2)O[C@@H](c2ccc(-c3cccc(CN4C(=O)CC(NC(=O)OCc5ccccc5)C4=O)c3)cc2)O[C@H]1c1ccc(CO)cc1. The standard InChI is InChI=1S/C51H51N3O7/c1-33-46(30-53(3)34(2)42-25-22-38-13-7-8-14-44(38)27-42)60-50(61-48(33)40-18-16-35(31-55)17-19-40)41-23-20-39(21-24-41)43-15-9-12-37(26-43)29-54-47(56)28-45(49(54)57)52-51(58)59-32-36-10-5-4-6-11-36/h4-27,33-34,45-46,48,50,55H,28-32H2,1-3H3,(H,52,58)/t33-,34+,45?,46+,48+,50+/m0/s1. The Balaban J connectivity index is 0.948. The van der Waals surface area contributed by atoms with E-state index in [-0.39, 0.29) is 56.3 Å². The van der Waals surface area contributed by atoms with E-state index >= 15 is 0 Å². The molecule has 6 aromatic rings. The van der Waals surface area contributed by atoms with Crippen molar-refractivity contribution in [3.8, 4) is 11.1 Å². The van der Waals surface area contributed by atoms with Gasteiger partial charge in [-0.15, -0.1) is 0 Å². The van der Waals surface area contributed by atoms with Crippen molar-refractivity contribution in [2.24, 2.45) is 5.92 Å². The number of ether oxygens (including phenoxy) is 3.